The summed E-state index contributed by atoms with van der Waals surface area (Å²) in [5.74, 6) is -0.104. The van der Waals surface area contributed by atoms with E-state index in [9.17, 15) is 9.59 Å². The number of carbonyl (C=O) groups is 1. The Bertz CT molecular complexity index is 532. The van der Waals surface area contributed by atoms with Gasteiger partial charge >= 0.3 is 0 Å². The van der Waals surface area contributed by atoms with Crippen molar-refractivity contribution >= 4 is 5.91 Å². The zero-order valence-corrected chi connectivity index (χ0v) is 11.0. The number of nitrogens with one attached hydrogen (secondary N) is 2. The van der Waals surface area contributed by atoms with Crippen molar-refractivity contribution in [1.82, 2.24) is 9.99 Å². The lowest BCUT2D eigenvalue weighted by atomic mass is 10.1. The normalized spacial score (nSPS) is 13.3. The molecule has 0 aromatic carbocycles. The lowest BCUT2D eigenvalue weighted by molar-refractivity contribution is -0.124. The van der Waals surface area contributed by atoms with Crippen molar-refractivity contribution in [3.8, 4) is 0 Å². The van der Waals surface area contributed by atoms with Gasteiger partial charge in [-0.1, -0.05) is 13.8 Å². The molecule has 5 heteroatoms. The van der Waals surface area contributed by atoms with E-state index in [1.54, 1.807) is 6.07 Å². The van der Waals surface area contributed by atoms with E-state index in [4.69, 9.17) is 0 Å². The predicted molar refractivity (Wildman–Crippen MR) is 70.1 cm³/mol. The van der Waals surface area contributed by atoms with Crippen LogP contribution < -0.4 is 16.2 Å². The smallest absolute Gasteiger partial charge is 0.222 e. The first kappa shape index (κ1) is 12.7. The maximum Gasteiger partial charge on any atom is 0.222 e. The number of nitrogens with zero attached hydrogens (tertiary/aromatic N) is 1. The van der Waals surface area contributed by atoms with E-state index in [1.165, 1.54) is 0 Å². The highest BCUT2D eigenvalue weighted by atomic mass is 16.2. The number of hydrogen-bond donors (Lipinski definition) is 2. The predicted octanol–water partition coefficient (Wildman–Crippen LogP) is 0.529. The number of carbonyl (C=O) groups excluding carboxylic acids is 1. The summed E-state index contributed by atoms with van der Waals surface area (Å²) in [6.07, 6.45) is 0.870. The van der Waals surface area contributed by atoms with Crippen LogP contribution in [0.5, 0.6) is 0 Å². The molecule has 0 unspecified atom stereocenters. The Labute approximate surface area is 106 Å². The number of aromatic nitrogens is 1. The van der Waals surface area contributed by atoms with Crippen molar-refractivity contribution in [2.75, 3.05) is 12.0 Å². The number of fused-ring (bicyclic) bond motifs is 1. The minimum absolute atomic E-state index is 0.00602. The molecule has 18 heavy (non-hydrogen) atoms. The average molecular weight is 249 g/mol. The van der Waals surface area contributed by atoms with E-state index in [0.29, 0.717) is 12.1 Å². The van der Waals surface area contributed by atoms with Gasteiger partial charge in [-0.05, 0) is 6.92 Å². The van der Waals surface area contributed by atoms with Crippen LogP contribution in [0.15, 0.2) is 10.9 Å². The van der Waals surface area contributed by atoms with Crippen molar-refractivity contribution in [1.29, 1.82) is 0 Å². The van der Waals surface area contributed by atoms with Gasteiger partial charge in [-0.2, -0.15) is 0 Å². The summed E-state index contributed by atoms with van der Waals surface area (Å²) in [4.78, 5) is 23.5. The highest BCUT2D eigenvalue weighted by Crippen LogP contribution is 2.11. The molecule has 1 aliphatic rings. The van der Waals surface area contributed by atoms with Crippen LogP contribution in [0.1, 0.15) is 30.8 Å². The van der Waals surface area contributed by atoms with Crippen LogP contribution in [0.2, 0.25) is 0 Å². The summed E-state index contributed by atoms with van der Waals surface area (Å²) in [5, 5.41) is 2.79. The number of hydrogen-bond acceptors (Lipinski definition) is 3. The molecule has 0 saturated heterocycles. The van der Waals surface area contributed by atoms with E-state index in [0.717, 1.165) is 24.4 Å². The van der Waals surface area contributed by atoms with Crippen LogP contribution in [0.3, 0.4) is 0 Å². The van der Waals surface area contributed by atoms with Gasteiger partial charge in [-0.3, -0.25) is 14.3 Å². The third kappa shape index (κ3) is 2.25. The minimum atomic E-state index is -0.0689. The van der Waals surface area contributed by atoms with Gasteiger partial charge in [0.2, 0.25) is 5.91 Å². The van der Waals surface area contributed by atoms with E-state index >= 15 is 0 Å². The van der Waals surface area contributed by atoms with Crippen LogP contribution in [0.4, 0.5) is 0 Å². The van der Waals surface area contributed by atoms with Gasteiger partial charge in [0.15, 0.2) is 5.43 Å². The Balaban J connectivity index is 2.24. The monoisotopic (exact) mass is 249 g/mol. The molecule has 1 aliphatic heterocycles. The lowest BCUT2D eigenvalue weighted by Crippen LogP contribution is -2.31. The van der Waals surface area contributed by atoms with Crippen molar-refractivity contribution in [2.45, 2.75) is 33.7 Å². The van der Waals surface area contributed by atoms with Crippen molar-refractivity contribution in [2.24, 2.45) is 5.92 Å². The van der Waals surface area contributed by atoms with Gasteiger partial charge in [0.05, 0.1) is 0 Å². The highest BCUT2D eigenvalue weighted by molar-refractivity contribution is 5.77. The molecule has 5 nitrogen and oxygen atoms in total. The molecule has 0 fully saturated rings. The van der Waals surface area contributed by atoms with Gasteiger partial charge < -0.3 is 10.7 Å². The second-order valence-electron chi connectivity index (χ2n) is 4.93. The fourth-order valence-electron chi connectivity index (χ4n) is 2.13. The zero-order valence-electron chi connectivity index (χ0n) is 11.0. The highest BCUT2D eigenvalue weighted by Gasteiger charge is 2.17. The Morgan fingerprint density at radius 1 is 1.56 bits per heavy atom. The maximum atomic E-state index is 12.0. The van der Waals surface area contributed by atoms with Gasteiger partial charge in [0.25, 0.3) is 0 Å². The van der Waals surface area contributed by atoms with Crippen molar-refractivity contribution in [3.05, 3.63) is 33.2 Å². The van der Waals surface area contributed by atoms with Gasteiger partial charge in [0, 0.05) is 48.4 Å². The maximum absolute atomic E-state index is 12.0. The largest absolute Gasteiger partial charge is 0.352 e. The topological polar surface area (TPSA) is 63.1 Å². The molecule has 0 radical (unpaired) electrons. The van der Waals surface area contributed by atoms with E-state index in [1.807, 2.05) is 25.4 Å². The summed E-state index contributed by atoms with van der Waals surface area (Å²) in [6.45, 7) is 6.71. The summed E-state index contributed by atoms with van der Waals surface area (Å²) < 4.78 is 1.94. The first-order chi connectivity index (χ1) is 8.50. The van der Waals surface area contributed by atoms with Gasteiger partial charge in [-0.15, -0.1) is 0 Å². The fourth-order valence-corrected chi connectivity index (χ4v) is 2.13. The lowest BCUT2D eigenvalue weighted by Gasteiger charge is -2.14. The Kier molecular flexibility index (Phi) is 3.41. The SMILES string of the molecule is Cc1c(CNC(=O)C(C)C)c(=O)cc2n1NCC2. The summed E-state index contributed by atoms with van der Waals surface area (Å²) in [5.41, 5.74) is 5.77. The molecule has 0 spiro atoms. The van der Waals surface area contributed by atoms with Gasteiger partial charge in [-0.25, -0.2) is 0 Å². The molecule has 2 N–H and O–H groups in total. The van der Waals surface area contributed by atoms with Crippen LogP contribution in [-0.4, -0.2) is 17.1 Å². The Hall–Kier alpha value is -1.78. The van der Waals surface area contributed by atoms with Crippen molar-refractivity contribution in [3.63, 3.8) is 0 Å². The quantitative estimate of drug-likeness (QED) is 0.821. The van der Waals surface area contributed by atoms with Crippen molar-refractivity contribution < 1.29 is 4.79 Å². The molecule has 0 aliphatic carbocycles. The third-order valence-electron chi connectivity index (χ3n) is 3.27. The molecule has 0 atom stereocenters. The minimum Gasteiger partial charge on any atom is -0.352 e. The van der Waals surface area contributed by atoms with E-state index < -0.39 is 0 Å². The van der Waals surface area contributed by atoms with Crippen LogP contribution >= 0.6 is 0 Å². The molecule has 2 heterocycles. The summed E-state index contributed by atoms with van der Waals surface area (Å²) in [7, 11) is 0. The summed E-state index contributed by atoms with van der Waals surface area (Å²) in [6, 6.07) is 1.66. The zero-order chi connectivity index (χ0) is 13.3. The molecular formula is C13H19N3O2. The molecule has 2 rings (SSSR count). The number of rotatable bonds is 3. The van der Waals surface area contributed by atoms with E-state index in [-0.39, 0.29) is 17.3 Å². The Morgan fingerprint density at radius 3 is 2.94 bits per heavy atom. The average Bonchev–Trinajstić information content (AvgIpc) is 2.76. The standard InChI is InChI=1S/C13H19N3O2/c1-8(2)13(18)14-7-11-9(3)16-10(4-5-15-16)6-12(11)17/h6,8,15H,4-5,7H2,1-3H3,(H,14,18). The number of amides is 1. The second kappa shape index (κ2) is 4.84. The second-order valence-corrected chi connectivity index (χ2v) is 4.93. The molecule has 1 aromatic heterocycles. The first-order valence-corrected chi connectivity index (χ1v) is 6.26. The molecule has 0 bridgehead atoms. The Morgan fingerprint density at radius 2 is 2.28 bits per heavy atom. The molecule has 0 saturated carbocycles. The molecular weight excluding hydrogens is 230 g/mol. The summed E-state index contributed by atoms with van der Waals surface area (Å²) >= 11 is 0. The molecule has 1 aromatic rings. The van der Waals surface area contributed by atoms with Gasteiger partial charge in [0.1, 0.15) is 0 Å². The van der Waals surface area contributed by atoms with Crippen LogP contribution in [-0.2, 0) is 17.8 Å². The molecule has 1 amide bonds. The van der Waals surface area contributed by atoms with E-state index in [2.05, 4.69) is 10.7 Å². The van der Waals surface area contributed by atoms with Crippen LogP contribution in [0.25, 0.3) is 0 Å². The first-order valence-electron chi connectivity index (χ1n) is 6.26. The number of pyridine rings is 1. The fraction of sp³-hybridized carbons (Fsp3) is 0.538. The molecule has 98 valence electrons. The van der Waals surface area contributed by atoms with Crippen LogP contribution in [0, 0.1) is 12.8 Å². The third-order valence-corrected chi connectivity index (χ3v) is 3.27.